The van der Waals surface area contributed by atoms with Gasteiger partial charge in [0.25, 0.3) is 5.91 Å². The van der Waals surface area contributed by atoms with Crippen molar-refractivity contribution in [1.29, 1.82) is 5.26 Å². The van der Waals surface area contributed by atoms with Gasteiger partial charge < -0.3 is 14.3 Å². The highest BCUT2D eigenvalue weighted by Gasteiger charge is 2.26. The molecule has 0 radical (unpaired) electrons. The van der Waals surface area contributed by atoms with Gasteiger partial charge >= 0.3 is 0 Å². The van der Waals surface area contributed by atoms with Crippen molar-refractivity contribution in [2.45, 2.75) is 51.2 Å². The van der Waals surface area contributed by atoms with Crippen molar-refractivity contribution >= 4 is 22.7 Å². The van der Waals surface area contributed by atoms with Crippen LogP contribution in [0.2, 0.25) is 0 Å². The molecular weight excluding hydrogens is 540 g/mol. The van der Waals surface area contributed by atoms with E-state index in [-0.39, 0.29) is 23.7 Å². The minimum absolute atomic E-state index is 0.0783. The van der Waals surface area contributed by atoms with E-state index in [1.807, 2.05) is 66.5 Å². The highest BCUT2D eigenvalue weighted by Crippen LogP contribution is 2.25. The summed E-state index contributed by atoms with van der Waals surface area (Å²) in [7, 11) is 2.01. The van der Waals surface area contributed by atoms with Crippen LogP contribution in [0.15, 0.2) is 65.3 Å². The minimum atomic E-state index is -0.198. The molecule has 222 valence electrons. The summed E-state index contributed by atoms with van der Waals surface area (Å²) >= 11 is 0. The normalized spacial score (nSPS) is 17.2. The maximum absolute atomic E-state index is 13.1. The Bertz CT molecular complexity index is 1620. The van der Waals surface area contributed by atoms with Crippen LogP contribution in [-0.2, 0) is 31.4 Å². The lowest BCUT2D eigenvalue weighted by Gasteiger charge is -2.32. The molecular formula is C34H38N6O3. The van der Waals surface area contributed by atoms with Crippen molar-refractivity contribution in [3.05, 3.63) is 89.2 Å². The molecule has 0 aliphatic carbocycles. The summed E-state index contributed by atoms with van der Waals surface area (Å²) in [4.78, 5) is 35.3. The van der Waals surface area contributed by atoms with Gasteiger partial charge in [-0.1, -0.05) is 18.2 Å². The van der Waals surface area contributed by atoms with Crippen molar-refractivity contribution < 1.29 is 14.0 Å². The van der Waals surface area contributed by atoms with E-state index >= 15 is 0 Å². The van der Waals surface area contributed by atoms with Gasteiger partial charge in [-0.25, -0.2) is 4.98 Å². The SMILES string of the molecule is Cn1ccnc1CN1CCC(C(=O)Cc2ccc3oc(C(=O)NC4CCN(Cc5ccc(C#N)cc5)CC4)cc3c2)CC1. The van der Waals surface area contributed by atoms with E-state index in [0.29, 0.717) is 23.3 Å². The lowest BCUT2D eigenvalue weighted by molar-refractivity contribution is -0.123. The van der Waals surface area contributed by atoms with Gasteiger partial charge in [-0.15, -0.1) is 0 Å². The molecule has 2 aliphatic rings. The lowest BCUT2D eigenvalue weighted by Crippen LogP contribution is -2.44. The summed E-state index contributed by atoms with van der Waals surface area (Å²) in [6.07, 6.45) is 7.67. The van der Waals surface area contributed by atoms with Crippen LogP contribution < -0.4 is 5.32 Å². The highest BCUT2D eigenvalue weighted by atomic mass is 16.3. The number of aryl methyl sites for hydroxylation is 1. The first-order valence-corrected chi connectivity index (χ1v) is 15.2. The lowest BCUT2D eigenvalue weighted by atomic mass is 9.89. The number of carbonyl (C=O) groups excluding carboxylic acids is 2. The molecule has 6 rings (SSSR count). The quantitative estimate of drug-likeness (QED) is 0.313. The molecule has 4 aromatic rings. The first-order chi connectivity index (χ1) is 20.9. The Morgan fingerprint density at radius 1 is 0.953 bits per heavy atom. The van der Waals surface area contributed by atoms with Crippen molar-refractivity contribution in [3.63, 3.8) is 0 Å². The molecule has 43 heavy (non-hydrogen) atoms. The Morgan fingerprint density at radius 2 is 1.65 bits per heavy atom. The van der Waals surface area contributed by atoms with Crippen molar-refractivity contribution in [1.82, 2.24) is 24.7 Å². The van der Waals surface area contributed by atoms with Gasteiger partial charge in [-0.2, -0.15) is 5.26 Å². The van der Waals surface area contributed by atoms with Gasteiger partial charge in [-0.05, 0) is 80.2 Å². The number of piperidine rings is 2. The molecule has 1 N–H and O–H groups in total. The molecule has 9 nitrogen and oxygen atoms in total. The number of amides is 1. The second-order valence-corrected chi connectivity index (χ2v) is 12.0. The van der Waals surface area contributed by atoms with Gasteiger partial charge in [0.15, 0.2) is 5.76 Å². The molecule has 2 aromatic carbocycles. The second-order valence-electron chi connectivity index (χ2n) is 12.0. The van der Waals surface area contributed by atoms with E-state index in [2.05, 4.69) is 26.2 Å². The van der Waals surface area contributed by atoms with Gasteiger partial charge in [0.05, 0.1) is 18.2 Å². The number of rotatable bonds is 9. The Balaban J connectivity index is 0.973. The van der Waals surface area contributed by atoms with Gasteiger partial charge in [-0.3, -0.25) is 19.4 Å². The maximum Gasteiger partial charge on any atom is 0.287 e. The molecule has 0 atom stereocenters. The summed E-state index contributed by atoms with van der Waals surface area (Å²) in [5.74, 6) is 1.51. The Labute approximate surface area is 252 Å². The number of likely N-dealkylation sites (tertiary alicyclic amines) is 2. The molecule has 2 fully saturated rings. The van der Waals surface area contributed by atoms with E-state index in [0.717, 1.165) is 81.7 Å². The monoisotopic (exact) mass is 578 g/mol. The number of benzene rings is 2. The smallest absolute Gasteiger partial charge is 0.287 e. The molecule has 4 heterocycles. The number of nitriles is 1. The Morgan fingerprint density at radius 3 is 2.35 bits per heavy atom. The number of ketones is 1. The van der Waals surface area contributed by atoms with E-state index in [4.69, 9.17) is 9.68 Å². The number of Topliss-reactive ketones (excluding diaryl/α,β-unsaturated/α-hetero) is 1. The predicted molar refractivity (Wildman–Crippen MR) is 163 cm³/mol. The van der Waals surface area contributed by atoms with Gasteiger partial charge in [0.2, 0.25) is 0 Å². The van der Waals surface area contributed by atoms with Crippen LogP contribution in [-0.4, -0.2) is 63.3 Å². The van der Waals surface area contributed by atoms with Gasteiger partial charge in [0.1, 0.15) is 17.2 Å². The highest BCUT2D eigenvalue weighted by molar-refractivity contribution is 5.96. The largest absolute Gasteiger partial charge is 0.451 e. The molecule has 0 spiro atoms. The topological polar surface area (TPSA) is 107 Å². The molecule has 9 heteroatoms. The number of imidazole rings is 1. The molecule has 0 saturated carbocycles. The number of carbonyl (C=O) groups is 2. The number of hydrogen-bond donors (Lipinski definition) is 1. The van der Waals surface area contributed by atoms with E-state index in [1.165, 1.54) is 5.56 Å². The summed E-state index contributed by atoms with van der Waals surface area (Å²) < 4.78 is 7.93. The third kappa shape index (κ3) is 7.04. The van der Waals surface area contributed by atoms with Crippen LogP contribution in [0.3, 0.4) is 0 Å². The van der Waals surface area contributed by atoms with Crippen molar-refractivity contribution in [2.75, 3.05) is 26.2 Å². The minimum Gasteiger partial charge on any atom is -0.451 e. The zero-order valence-electron chi connectivity index (χ0n) is 24.7. The summed E-state index contributed by atoms with van der Waals surface area (Å²) in [5, 5.41) is 13.0. The fourth-order valence-electron chi connectivity index (χ4n) is 6.26. The van der Waals surface area contributed by atoms with Crippen molar-refractivity contribution in [2.24, 2.45) is 13.0 Å². The predicted octanol–water partition coefficient (Wildman–Crippen LogP) is 4.46. The van der Waals surface area contributed by atoms with E-state index < -0.39 is 0 Å². The van der Waals surface area contributed by atoms with Crippen LogP contribution in [0.5, 0.6) is 0 Å². The Hall–Kier alpha value is -4.26. The molecule has 2 saturated heterocycles. The first kappa shape index (κ1) is 28.8. The number of furan rings is 1. The van der Waals surface area contributed by atoms with Gasteiger partial charge in [0, 0.05) is 62.8 Å². The summed E-state index contributed by atoms with van der Waals surface area (Å²) in [5.41, 5.74) is 3.47. The number of nitrogens with zero attached hydrogens (tertiary/aromatic N) is 5. The summed E-state index contributed by atoms with van der Waals surface area (Å²) in [6.45, 7) is 5.25. The number of hydrogen-bond acceptors (Lipinski definition) is 7. The zero-order valence-corrected chi connectivity index (χ0v) is 24.7. The fraction of sp³-hybridized carbons (Fsp3) is 0.412. The third-order valence-corrected chi connectivity index (χ3v) is 8.92. The van der Waals surface area contributed by atoms with Crippen LogP contribution in [0.4, 0.5) is 0 Å². The molecule has 2 aromatic heterocycles. The van der Waals surface area contributed by atoms with Crippen LogP contribution in [0.1, 0.15) is 58.8 Å². The third-order valence-electron chi connectivity index (χ3n) is 8.92. The first-order valence-electron chi connectivity index (χ1n) is 15.2. The van der Waals surface area contributed by atoms with Crippen LogP contribution in [0, 0.1) is 17.2 Å². The van der Waals surface area contributed by atoms with E-state index in [9.17, 15) is 9.59 Å². The maximum atomic E-state index is 13.1. The molecule has 1 amide bonds. The average Bonchev–Trinajstić information content (AvgIpc) is 3.64. The number of nitrogens with one attached hydrogen (secondary N) is 1. The van der Waals surface area contributed by atoms with E-state index in [1.54, 1.807) is 6.07 Å². The standard InChI is InChI=1S/C34H38N6O3/c1-38-17-12-36-33(38)23-40-13-8-27(9-14-40)30(41)19-26-6-7-31-28(18-26)20-32(43-31)34(42)37-29-10-15-39(16-11-29)22-25-4-2-24(21-35)3-5-25/h2-7,12,17-18,20,27,29H,8-11,13-16,19,22-23H2,1H3,(H,37,42). The average molecular weight is 579 g/mol. The molecule has 0 unspecified atom stereocenters. The second kappa shape index (κ2) is 12.9. The summed E-state index contributed by atoms with van der Waals surface area (Å²) in [6, 6.07) is 17.5. The van der Waals surface area contributed by atoms with Crippen molar-refractivity contribution in [3.8, 4) is 6.07 Å². The molecule has 2 aliphatic heterocycles. The Kier molecular flexibility index (Phi) is 8.68. The van der Waals surface area contributed by atoms with Crippen LogP contribution >= 0.6 is 0 Å². The van der Waals surface area contributed by atoms with Crippen LogP contribution in [0.25, 0.3) is 11.0 Å². The number of fused-ring (bicyclic) bond motifs is 1. The number of aromatic nitrogens is 2. The fourth-order valence-corrected chi connectivity index (χ4v) is 6.26. The zero-order chi connectivity index (χ0) is 29.8. The molecule has 0 bridgehead atoms.